The van der Waals surface area contributed by atoms with Crippen LogP contribution in [0.4, 0.5) is 0 Å². The number of carbonyl (C=O) groups is 3. The molecule has 0 saturated carbocycles. The minimum Gasteiger partial charge on any atom is -0.480 e. The maximum Gasteiger partial charge on any atom is 0.338 e. The van der Waals surface area contributed by atoms with Crippen molar-refractivity contribution in [2.45, 2.75) is 28.0 Å². The van der Waals surface area contributed by atoms with Crippen LogP contribution in [0.3, 0.4) is 0 Å². The fourth-order valence-electron chi connectivity index (χ4n) is 2.82. The van der Waals surface area contributed by atoms with Gasteiger partial charge in [-0.3, -0.25) is 9.59 Å². The van der Waals surface area contributed by atoms with E-state index < -0.39 is 22.7 Å². The smallest absolute Gasteiger partial charge is 0.338 e. The molecule has 3 N–H and O–H groups in total. The highest BCUT2D eigenvalue weighted by Crippen LogP contribution is 2.47. The Balaban J connectivity index is 1.82. The summed E-state index contributed by atoms with van der Waals surface area (Å²) in [4.78, 5) is 38.0. The zero-order valence-corrected chi connectivity index (χ0v) is 17.0. The molecule has 3 atom stereocenters. The van der Waals surface area contributed by atoms with Crippen LogP contribution in [0, 0.1) is 0 Å². The molecule has 140 valence electrons. The highest BCUT2D eigenvalue weighted by atomic mass is 79.9. The zero-order valence-electron chi connectivity index (χ0n) is 13.8. The Labute approximate surface area is 167 Å². The maximum atomic E-state index is 12.0. The van der Waals surface area contributed by atoms with Gasteiger partial charge in [-0.2, -0.15) is 0 Å². The molecule has 2 heterocycles. The normalized spacial score (nSPS) is 27.5. The van der Waals surface area contributed by atoms with Crippen LogP contribution in [0.15, 0.2) is 27.6 Å². The van der Waals surface area contributed by atoms with Gasteiger partial charge in [0.25, 0.3) is 0 Å². The molecule has 2 aliphatic rings. The summed E-state index contributed by atoms with van der Waals surface area (Å²) in [6.07, 6.45) is 0. The minimum absolute atomic E-state index is 0.100. The van der Waals surface area contributed by atoms with Crippen LogP contribution in [-0.4, -0.2) is 62.9 Å². The third kappa shape index (κ3) is 3.35. The lowest BCUT2D eigenvalue weighted by atomic mass is 10.0. The number of esters is 1. The van der Waals surface area contributed by atoms with Crippen LogP contribution in [-0.2, 0) is 14.3 Å². The number of halogens is 1. The Hall–Kier alpha value is -1.23. The zero-order chi connectivity index (χ0) is 19.1. The third-order valence-corrected chi connectivity index (χ3v) is 8.30. The van der Waals surface area contributed by atoms with Crippen LogP contribution < -0.4 is 5.73 Å². The molecule has 2 fully saturated rings. The maximum absolute atomic E-state index is 12.0. The number of carbonyl (C=O) groups excluding carboxylic acids is 2. The second-order valence-electron chi connectivity index (χ2n) is 5.96. The van der Waals surface area contributed by atoms with Crippen molar-refractivity contribution in [1.82, 2.24) is 4.90 Å². The number of aliphatic carboxylic acids is 1. The van der Waals surface area contributed by atoms with Crippen molar-refractivity contribution in [3.8, 4) is 0 Å². The number of hydrogen-bond donors (Lipinski definition) is 2. The molecular weight excluding hydrogens is 444 g/mol. The van der Waals surface area contributed by atoms with Crippen molar-refractivity contribution in [3.63, 3.8) is 0 Å². The first-order valence-corrected chi connectivity index (χ1v) is 10.5. The summed E-state index contributed by atoms with van der Waals surface area (Å²) in [7, 11) is 0. The standard InChI is InChI=1S/C16H17BrN2O5S2/c1-2-24-14(21)8-3-4-10(9(17)5-8)26-16(15(22)23)6-19-12(20)11(18)13(19)25-7-16/h3-5,11,13H,2,6-7,18H2,1H3,(H,22,23)/t11-,13-,16?/m1/s1. The first-order valence-electron chi connectivity index (χ1n) is 7.86. The fourth-order valence-corrected chi connectivity index (χ4v) is 6.23. The molecule has 7 nitrogen and oxygen atoms in total. The molecule has 0 radical (unpaired) electrons. The van der Waals surface area contributed by atoms with E-state index in [0.29, 0.717) is 20.7 Å². The van der Waals surface area contributed by atoms with E-state index in [1.807, 2.05) is 0 Å². The van der Waals surface area contributed by atoms with E-state index in [2.05, 4.69) is 15.9 Å². The molecule has 0 aliphatic carbocycles. The van der Waals surface area contributed by atoms with Gasteiger partial charge in [0.2, 0.25) is 5.91 Å². The number of nitrogens with zero attached hydrogens (tertiary/aromatic N) is 1. The molecule has 1 amide bonds. The summed E-state index contributed by atoms with van der Waals surface area (Å²) in [5.41, 5.74) is 6.15. The second kappa shape index (κ2) is 7.41. The number of β-lactam (4-membered cyclic amide) rings is 1. The van der Waals surface area contributed by atoms with Crippen molar-refractivity contribution in [2.24, 2.45) is 5.73 Å². The molecule has 3 rings (SSSR count). The van der Waals surface area contributed by atoms with E-state index in [-0.39, 0.29) is 24.4 Å². The van der Waals surface area contributed by atoms with Crippen molar-refractivity contribution in [2.75, 3.05) is 18.9 Å². The fraction of sp³-hybridized carbons (Fsp3) is 0.438. The molecule has 2 saturated heterocycles. The molecule has 1 aromatic carbocycles. The number of hydrogen-bond acceptors (Lipinski definition) is 7. The summed E-state index contributed by atoms with van der Waals surface area (Å²) >= 11 is 5.96. The molecule has 2 aliphatic heterocycles. The van der Waals surface area contributed by atoms with Gasteiger partial charge in [-0.15, -0.1) is 23.5 Å². The summed E-state index contributed by atoms with van der Waals surface area (Å²) in [6.45, 7) is 2.10. The number of rotatable bonds is 5. The van der Waals surface area contributed by atoms with Gasteiger partial charge in [-0.25, -0.2) is 4.79 Å². The number of carboxylic acids is 1. The van der Waals surface area contributed by atoms with Crippen molar-refractivity contribution in [3.05, 3.63) is 28.2 Å². The second-order valence-corrected chi connectivity index (χ2v) is 9.35. The van der Waals surface area contributed by atoms with Gasteiger partial charge in [0.1, 0.15) is 16.2 Å². The largest absolute Gasteiger partial charge is 0.480 e. The number of amides is 1. The first-order chi connectivity index (χ1) is 12.3. The summed E-state index contributed by atoms with van der Waals surface area (Å²) in [6, 6.07) is 4.35. The lowest BCUT2D eigenvalue weighted by molar-refractivity contribution is -0.148. The van der Waals surface area contributed by atoms with E-state index >= 15 is 0 Å². The molecule has 26 heavy (non-hydrogen) atoms. The Bertz CT molecular complexity index is 777. The Kier molecular flexibility index (Phi) is 5.57. The van der Waals surface area contributed by atoms with Crippen molar-refractivity contribution >= 4 is 57.3 Å². The quantitative estimate of drug-likeness (QED) is 0.505. The predicted molar refractivity (Wildman–Crippen MR) is 102 cm³/mol. The number of benzene rings is 1. The van der Waals surface area contributed by atoms with Gasteiger partial charge in [0.05, 0.1) is 12.2 Å². The molecule has 0 bridgehead atoms. The van der Waals surface area contributed by atoms with E-state index in [0.717, 1.165) is 0 Å². The molecule has 0 spiro atoms. The van der Waals surface area contributed by atoms with Gasteiger partial charge >= 0.3 is 11.9 Å². The minimum atomic E-state index is -1.18. The lowest BCUT2D eigenvalue weighted by Gasteiger charge is -2.52. The molecule has 1 aromatic rings. The van der Waals surface area contributed by atoms with Crippen LogP contribution in [0.1, 0.15) is 17.3 Å². The summed E-state index contributed by atoms with van der Waals surface area (Å²) in [5, 5.41) is 9.69. The Morgan fingerprint density at radius 3 is 2.88 bits per heavy atom. The molecular formula is C16H17BrN2O5S2. The molecule has 10 heteroatoms. The van der Waals surface area contributed by atoms with Gasteiger partial charge < -0.3 is 20.5 Å². The molecule has 0 aromatic heterocycles. The average Bonchev–Trinajstić information content (AvgIpc) is 2.62. The number of ether oxygens (including phenoxy) is 1. The van der Waals surface area contributed by atoms with Crippen LogP contribution in [0.2, 0.25) is 0 Å². The van der Waals surface area contributed by atoms with E-state index in [1.54, 1.807) is 25.1 Å². The van der Waals surface area contributed by atoms with Gasteiger partial charge in [-0.1, -0.05) is 0 Å². The SMILES string of the molecule is CCOC(=O)c1ccc(SC2(C(=O)O)CS[C@@H]3[C@H](N)C(=O)N3C2)c(Br)c1. The Morgan fingerprint density at radius 2 is 2.27 bits per heavy atom. The van der Waals surface area contributed by atoms with Crippen LogP contribution >= 0.6 is 39.5 Å². The predicted octanol–water partition coefficient (Wildman–Crippen LogP) is 1.78. The van der Waals surface area contributed by atoms with Crippen LogP contribution in [0.5, 0.6) is 0 Å². The summed E-state index contributed by atoms with van der Waals surface area (Å²) in [5.74, 6) is -1.30. The van der Waals surface area contributed by atoms with Crippen LogP contribution in [0.25, 0.3) is 0 Å². The number of carboxylic acid groups (broad SMARTS) is 1. The third-order valence-electron chi connectivity index (χ3n) is 4.23. The van der Waals surface area contributed by atoms with Gasteiger partial charge in [0, 0.05) is 21.7 Å². The van der Waals surface area contributed by atoms with Gasteiger partial charge in [0.15, 0.2) is 0 Å². The number of thioether (sulfide) groups is 2. The highest BCUT2D eigenvalue weighted by molar-refractivity contribution is 9.10. The summed E-state index contributed by atoms with van der Waals surface area (Å²) < 4.78 is 4.39. The first kappa shape index (κ1) is 19.5. The highest BCUT2D eigenvalue weighted by Gasteiger charge is 2.56. The van der Waals surface area contributed by atoms with Crippen molar-refractivity contribution in [1.29, 1.82) is 0 Å². The average molecular weight is 461 g/mol. The number of fused-ring (bicyclic) bond motifs is 1. The van der Waals surface area contributed by atoms with Crippen molar-refractivity contribution < 1.29 is 24.2 Å². The monoisotopic (exact) mass is 460 g/mol. The Morgan fingerprint density at radius 1 is 1.54 bits per heavy atom. The topological polar surface area (TPSA) is 110 Å². The molecule has 1 unspecified atom stereocenters. The van der Waals surface area contributed by atoms with Gasteiger partial charge in [-0.05, 0) is 41.1 Å². The lowest BCUT2D eigenvalue weighted by Crippen LogP contribution is -2.73. The van der Waals surface area contributed by atoms with E-state index in [9.17, 15) is 19.5 Å². The van der Waals surface area contributed by atoms with E-state index in [1.165, 1.54) is 28.4 Å². The van der Waals surface area contributed by atoms with E-state index in [4.69, 9.17) is 10.5 Å². The number of nitrogens with two attached hydrogens (primary N) is 1.